The number of anilines is 1. The molecule has 3 rings (SSSR count). The third-order valence-corrected chi connectivity index (χ3v) is 10.6. The number of piperidine rings is 1. The molecule has 0 N–H and O–H groups in total. The molecule has 2 heterocycles. The van der Waals surface area contributed by atoms with Gasteiger partial charge >= 0.3 is 0 Å². The number of hydrogen-bond donors (Lipinski definition) is 0. The maximum Gasteiger partial charge on any atom is 0.250 e. The van der Waals surface area contributed by atoms with Gasteiger partial charge in [0.25, 0.3) is 8.32 Å². The Kier molecular flexibility index (Phi) is 4.69. The van der Waals surface area contributed by atoms with Crippen LogP contribution < -0.4 is 9.33 Å². The van der Waals surface area contributed by atoms with Crippen LogP contribution in [0.2, 0.25) is 18.1 Å². The molecule has 1 aliphatic rings. The number of aromatic nitrogens is 1. The SMILES string of the molecule is Cc1c(O[Si](C)(C)C(C)(C)C)c2cc(N3CCCCC3)ccc2n1C. The van der Waals surface area contributed by atoms with Gasteiger partial charge in [0, 0.05) is 31.2 Å². The summed E-state index contributed by atoms with van der Waals surface area (Å²) in [6.07, 6.45) is 3.97. The largest absolute Gasteiger partial charge is 0.542 e. The first-order valence-electron chi connectivity index (χ1n) is 9.65. The zero-order valence-electron chi connectivity index (χ0n) is 17.1. The van der Waals surface area contributed by atoms with Gasteiger partial charge in [0.1, 0.15) is 5.75 Å². The summed E-state index contributed by atoms with van der Waals surface area (Å²) in [5.74, 6) is 1.10. The Balaban J connectivity index is 2.06. The fourth-order valence-corrected chi connectivity index (χ4v) is 4.49. The van der Waals surface area contributed by atoms with Gasteiger partial charge in [-0.25, -0.2) is 0 Å². The average molecular weight is 359 g/mol. The topological polar surface area (TPSA) is 17.4 Å². The molecule has 0 saturated carbocycles. The predicted octanol–water partition coefficient (Wildman–Crippen LogP) is 5.86. The molecule has 0 bridgehead atoms. The van der Waals surface area contributed by atoms with Gasteiger partial charge in [0.2, 0.25) is 0 Å². The van der Waals surface area contributed by atoms with Crippen LogP contribution in [0.4, 0.5) is 5.69 Å². The first-order chi connectivity index (χ1) is 11.6. The van der Waals surface area contributed by atoms with Crippen molar-refractivity contribution in [1.82, 2.24) is 4.57 Å². The molecule has 25 heavy (non-hydrogen) atoms. The first-order valence-corrected chi connectivity index (χ1v) is 12.6. The molecular formula is C21H34N2OSi. The van der Waals surface area contributed by atoms with Gasteiger partial charge in [-0.05, 0) is 62.5 Å². The number of aryl methyl sites for hydroxylation is 1. The van der Waals surface area contributed by atoms with Crippen molar-refractivity contribution in [1.29, 1.82) is 0 Å². The van der Waals surface area contributed by atoms with E-state index in [-0.39, 0.29) is 5.04 Å². The second-order valence-electron chi connectivity index (χ2n) is 9.09. The van der Waals surface area contributed by atoms with Crippen molar-refractivity contribution in [2.24, 2.45) is 7.05 Å². The Morgan fingerprint density at radius 3 is 2.28 bits per heavy atom. The molecule has 0 radical (unpaired) electrons. The van der Waals surface area contributed by atoms with Crippen LogP contribution in [0.15, 0.2) is 18.2 Å². The number of hydrogen-bond acceptors (Lipinski definition) is 2. The second-order valence-corrected chi connectivity index (χ2v) is 13.8. The Labute approximate surface area is 154 Å². The molecule has 0 unspecified atom stereocenters. The van der Waals surface area contributed by atoms with Crippen molar-refractivity contribution in [2.45, 2.75) is 65.1 Å². The highest BCUT2D eigenvalue weighted by atomic mass is 28.4. The molecule has 138 valence electrons. The zero-order valence-corrected chi connectivity index (χ0v) is 18.1. The minimum atomic E-state index is -1.86. The van der Waals surface area contributed by atoms with Gasteiger partial charge in [-0.2, -0.15) is 0 Å². The molecular weight excluding hydrogens is 324 g/mol. The van der Waals surface area contributed by atoms with Crippen molar-refractivity contribution >= 4 is 24.9 Å². The molecule has 1 aromatic carbocycles. The summed E-state index contributed by atoms with van der Waals surface area (Å²) >= 11 is 0. The van der Waals surface area contributed by atoms with Crippen LogP contribution in [0, 0.1) is 6.92 Å². The van der Waals surface area contributed by atoms with E-state index in [2.05, 4.69) is 75.5 Å². The zero-order chi connectivity index (χ0) is 18.4. The second kappa shape index (κ2) is 6.38. The van der Waals surface area contributed by atoms with Gasteiger partial charge < -0.3 is 13.9 Å². The van der Waals surface area contributed by atoms with Crippen LogP contribution in [-0.4, -0.2) is 26.0 Å². The van der Waals surface area contributed by atoms with Crippen molar-refractivity contribution in [3.8, 4) is 5.75 Å². The molecule has 1 aromatic heterocycles. The standard InChI is InChI=1S/C21H34N2OSi/c1-16-20(24-25(6,7)21(2,3)4)18-15-17(11-12-19(18)22(16)5)23-13-9-8-10-14-23/h11-12,15H,8-10,13-14H2,1-7H3. The number of fused-ring (bicyclic) bond motifs is 1. The smallest absolute Gasteiger partial charge is 0.250 e. The van der Waals surface area contributed by atoms with Crippen molar-refractivity contribution in [3.63, 3.8) is 0 Å². The maximum atomic E-state index is 6.77. The molecule has 1 saturated heterocycles. The van der Waals surface area contributed by atoms with Crippen LogP contribution >= 0.6 is 0 Å². The highest BCUT2D eigenvalue weighted by Crippen LogP contribution is 2.42. The maximum absolute atomic E-state index is 6.77. The molecule has 0 spiro atoms. The van der Waals surface area contributed by atoms with Crippen LogP contribution in [0.1, 0.15) is 45.7 Å². The summed E-state index contributed by atoms with van der Waals surface area (Å²) in [7, 11) is 0.285. The summed E-state index contributed by atoms with van der Waals surface area (Å²) in [6, 6.07) is 6.91. The lowest BCUT2D eigenvalue weighted by Crippen LogP contribution is -2.44. The molecule has 0 aliphatic carbocycles. The summed E-state index contributed by atoms with van der Waals surface area (Å²) in [5, 5.41) is 1.47. The van der Waals surface area contributed by atoms with Gasteiger partial charge in [-0.1, -0.05) is 20.8 Å². The van der Waals surface area contributed by atoms with Crippen LogP contribution in [0.25, 0.3) is 10.9 Å². The van der Waals surface area contributed by atoms with Crippen molar-refractivity contribution in [3.05, 3.63) is 23.9 Å². The lowest BCUT2D eigenvalue weighted by molar-refractivity contribution is 0.491. The summed E-state index contributed by atoms with van der Waals surface area (Å²) in [4.78, 5) is 2.53. The quantitative estimate of drug-likeness (QED) is 0.639. The lowest BCUT2D eigenvalue weighted by atomic mass is 10.1. The number of benzene rings is 1. The van der Waals surface area contributed by atoms with Crippen molar-refractivity contribution in [2.75, 3.05) is 18.0 Å². The van der Waals surface area contributed by atoms with E-state index in [9.17, 15) is 0 Å². The average Bonchev–Trinajstić information content (AvgIpc) is 2.79. The summed E-state index contributed by atoms with van der Waals surface area (Å²) in [6.45, 7) is 16.1. The third kappa shape index (κ3) is 3.33. The predicted molar refractivity (Wildman–Crippen MR) is 112 cm³/mol. The van der Waals surface area contributed by atoms with E-state index in [0.717, 1.165) is 5.75 Å². The van der Waals surface area contributed by atoms with E-state index >= 15 is 0 Å². The first kappa shape index (κ1) is 18.4. The minimum Gasteiger partial charge on any atom is -0.542 e. The molecule has 0 amide bonds. The molecule has 3 nitrogen and oxygen atoms in total. The normalized spacial score (nSPS) is 16.5. The highest BCUT2D eigenvalue weighted by molar-refractivity contribution is 6.74. The number of rotatable bonds is 3. The Morgan fingerprint density at radius 1 is 1.04 bits per heavy atom. The van der Waals surface area contributed by atoms with Crippen LogP contribution in [0.5, 0.6) is 5.75 Å². The van der Waals surface area contributed by atoms with E-state index < -0.39 is 8.32 Å². The monoisotopic (exact) mass is 358 g/mol. The molecule has 1 aliphatic heterocycles. The third-order valence-electron chi connectivity index (χ3n) is 6.30. The van der Waals surface area contributed by atoms with E-state index in [1.54, 1.807) is 0 Å². The van der Waals surface area contributed by atoms with Crippen molar-refractivity contribution < 1.29 is 4.43 Å². The fourth-order valence-electron chi connectivity index (χ4n) is 3.41. The Hall–Kier alpha value is -1.42. The van der Waals surface area contributed by atoms with Gasteiger partial charge in [0.05, 0.1) is 11.2 Å². The molecule has 0 atom stereocenters. The Bertz CT molecular complexity index is 764. The van der Waals surface area contributed by atoms with E-state index in [1.807, 2.05) is 0 Å². The highest BCUT2D eigenvalue weighted by Gasteiger charge is 2.40. The van der Waals surface area contributed by atoms with Gasteiger partial charge in [0.15, 0.2) is 0 Å². The molecule has 4 heteroatoms. The lowest BCUT2D eigenvalue weighted by Gasteiger charge is -2.36. The van der Waals surface area contributed by atoms with Gasteiger partial charge in [-0.15, -0.1) is 0 Å². The summed E-state index contributed by atoms with van der Waals surface area (Å²) in [5.41, 5.74) is 3.85. The van der Waals surface area contributed by atoms with E-state index in [1.165, 1.54) is 54.6 Å². The summed E-state index contributed by atoms with van der Waals surface area (Å²) < 4.78 is 9.05. The Morgan fingerprint density at radius 2 is 1.68 bits per heavy atom. The van der Waals surface area contributed by atoms with Gasteiger partial charge in [-0.3, -0.25) is 0 Å². The molecule has 2 aromatic rings. The van der Waals surface area contributed by atoms with Crippen LogP contribution in [0.3, 0.4) is 0 Å². The van der Waals surface area contributed by atoms with Crippen LogP contribution in [-0.2, 0) is 7.05 Å². The van der Waals surface area contributed by atoms with E-state index in [4.69, 9.17) is 4.43 Å². The number of nitrogens with zero attached hydrogens (tertiary/aromatic N) is 2. The minimum absolute atomic E-state index is 0.200. The van der Waals surface area contributed by atoms with E-state index in [0.29, 0.717) is 0 Å². The fraction of sp³-hybridized carbons (Fsp3) is 0.619. The molecule has 1 fully saturated rings.